The first-order chi connectivity index (χ1) is 9.15. The second-order valence-corrected chi connectivity index (χ2v) is 6.66. The van der Waals surface area contributed by atoms with E-state index in [0.29, 0.717) is 12.4 Å². The fraction of sp³-hybridized carbons (Fsp3) is 0.769. The first kappa shape index (κ1) is 12.8. The van der Waals surface area contributed by atoms with Crippen LogP contribution in [0.25, 0.3) is 0 Å². The van der Waals surface area contributed by atoms with Crippen LogP contribution >= 0.6 is 11.8 Å². The lowest BCUT2D eigenvalue weighted by Crippen LogP contribution is -2.88. The van der Waals surface area contributed by atoms with Crippen molar-refractivity contribution in [2.45, 2.75) is 31.2 Å². The predicted molar refractivity (Wildman–Crippen MR) is 70.4 cm³/mol. The lowest BCUT2D eigenvalue weighted by molar-refractivity contribution is -0.584. The Balaban J connectivity index is 2.06. The summed E-state index contributed by atoms with van der Waals surface area (Å²) in [5.74, 6) is 1.24. The molecule has 3 aliphatic rings. The average molecular weight is 277 g/mol. The predicted octanol–water partition coefficient (Wildman–Crippen LogP) is -0.305. The maximum Gasteiger partial charge on any atom is 0.277 e. The smallest absolute Gasteiger partial charge is 0.277 e. The van der Waals surface area contributed by atoms with E-state index in [4.69, 9.17) is 10.5 Å². The van der Waals surface area contributed by atoms with Crippen molar-refractivity contribution in [2.24, 2.45) is 22.5 Å². The van der Waals surface area contributed by atoms with E-state index in [0.717, 1.165) is 25.0 Å². The summed E-state index contributed by atoms with van der Waals surface area (Å²) in [6.45, 7) is 2.70. The molecule has 0 aromatic rings. The molecule has 6 heteroatoms. The average Bonchev–Trinajstić information content (AvgIpc) is 2.67. The highest BCUT2D eigenvalue weighted by Crippen LogP contribution is 2.77. The van der Waals surface area contributed by atoms with Gasteiger partial charge in [0, 0.05) is 11.7 Å². The molecule has 100 valence electrons. The van der Waals surface area contributed by atoms with E-state index < -0.39 is 15.9 Å². The van der Waals surface area contributed by atoms with Crippen molar-refractivity contribution < 1.29 is 9.73 Å². The van der Waals surface area contributed by atoms with Crippen LogP contribution in [0.2, 0.25) is 0 Å². The number of nitriles is 2. The van der Waals surface area contributed by atoms with Gasteiger partial charge in [0.15, 0.2) is 10.8 Å². The molecular weight excluding hydrogens is 260 g/mol. The van der Waals surface area contributed by atoms with Gasteiger partial charge in [-0.05, 0) is 6.42 Å². The number of rotatable bonds is 3. The van der Waals surface area contributed by atoms with Gasteiger partial charge in [-0.2, -0.15) is 10.5 Å². The van der Waals surface area contributed by atoms with Gasteiger partial charge in [0.1, 0.15) is 0 Å². The minimum Gasteiger partial charge on any atom is -0.327 e. The summed E-state index contributed by atoms with van der Waals surface area (Å²) in [4.78, 5) is 3.11. The van der Waals surface area contributed by atoms with Crippen molar-refractivity contribution >= 4 is 17.6 Å². The quantitative estimate of drug-likeness (QED) is 0.738. The minimum absolute atomic E-state index is 0.0122. The molecule has 1 spiro atoms. The zero-order valence-corrected chi connectivity index (χ0v) is 11.7. The van der Waals surface area contributed by atoms with E-state index in [1.54, 1.807) is 11.8 Å². The normalized spacial score (nSPS) is 46.5. The summed E-state index contributed by atoms with van der Waals surface area (Å²) in [6, 6.07) is 4.72. The molecular formula is C13H17N4OS+. The van der Waals surface area contributed by atoms with Crippen LogP contribution in [0.3, 0.4) is 0 Å². The van der Waals surface area contributed by atoms with Gasteiger partial charge in [-0.15, -0.1) is 0 Å². The van der Waals surface area contributed by atoms with Gasteiger partial charge in [-0.1, -0.05) is 31.5 Å². The SMILES string of the molecule is CCCC[C@@H]1[C@@]2(C#N)[C@@]3([NH+]=C(N)[C@@]12C#N)OCCS3. The monoisotopic (exact) mass is 277 g/mol. The topological polar surface area (TPSA) is 96.8 Å². The number of nitrogens with zero attached hydrogens (tertiary/aromatic N) is 2. The maximum absolute atomic E-state index is 9.77. The molecule has 1 aliphatic carbocycles. The number of fused-ring (bicyclic) bond motifs is 2. The standard InChI is InChI=1S/C13H16N4OS/c1-2-3-4-9-11(7-14)10(16)17-13(12(9,11)8-15)18-5-6-19-13/h9H,2-6H2,1H3,(H2,16,17)/p+1/t9-,11+,12+,13+/m0/s1. The van der Waals surface area contributed by atoms with Crippen LogP contribution in [0.15, 0.2) is 0 Å². The number of nitrogens with two attached hydrogens (primary N) is 1. The summed E-state index contributed by atoms with van der Waals surface area (Å²) in [5.41, 5.74) is 4.39. The van der Waals surface area contributed by atoms with Crippen LogP contribution in [-0.4, -0.2) is 23.3 Å². The third-order valence-corrected chi connectivity index (χ3v) is 6.04. The van der Waals surface area contributed by atoms with Crippen LogP contribution in [0.5, 0.6) is 0 Å². The molecule has 0 bridgehead atoms. The first-order valence-corrected chi connectivity index (χ1v) is 7.65. The molecule has 2 aliphatic heterocycles. The van der Waals surface area contributed by atoms with Crippen molar-refractivity contribution in [3.05, 3.63) is 0 Å². The van der Waals surface area contributed by atoms with E-state index in [1.165, 1.54) is 0 Å². The molecule has 0 aromatic carbocycles. The van der Waals surface area contributed by atoms with Gasteiger partial charge in [0.2, 0.25) is 0 Å². The summed E-state index contributed by atoms with van der Waals surface area (Å²) in [7, 11) is 0. The highest BCUT2D eigenvalue weighted by molar-refractivity contribution is 8.00. The van der Waals surface area contributed by atoms with Crippen LogP contribution < -0.4 is 10.7 Å². The second kappa shape index (κ2) is 3.88. The van der Waals surface area contributed by atoms with Gasteiger partial charge < -0.3 is 4.74 Å². The summed E-state index contributed by atoms with van der Waals surface area (Å²) < 4.78 is 5.83. The molecule has 0 unspecified atom stereocenters. The van der Waals surface area contributed by atoms with Crippen molar-refractivity contribution in [2.75, 3.05) is 12.4 Å². The van der Waals surface area contributed by atoms with Gasteiger partial charge in [-0.3, -0.25) is 5.73 Å². The zero-order chi connectivity index (χ0) is 13.7. The van der Waals surface area contributed by atoms with Crippen LogP contribution in [0.1, 0.15) is 26.2 Å². The minimum atomic E-state index is -0.867. The van der Waals surface area contributed by atoms with Crippen LogP contribution in [0.4, 0.5) is 0 Å². The fourth-order valence-electron chi connectivity index (χ4n) is 3.83. The van der Waals surface area contributed by atoms with Gasteiger partial charge in [-0.25, -0.2) is 4.99 Å². The lowest BCUT2D eigenvalue weighted by Gasteiger charge is -2.23. The Hall–Kier alpha value is -1.24. The lowest BCUT2D eigenvalue weighted by atomic mass is 9.95. The van der Waals surface area contributed by atoms with E-state index in [-0.39, 0.29) is 5.92 Å². The summed E-state index contributed by atoms with van der Waals surface area (Å²) in [6.07, 6.45) is 2.91. The molecule has 1 saturated carbocycles. The van der Waals surface area contributed by atoms with Crippen LogP contribution in [0, 0.1) is 39.4 Å². The van der Waals surface area contributed by atoms with Gasteiger partial charge in [0.25, 0.3) is 10.9 Å². The van der Waals surface area contributed by atoms with E-state index in [2.05, 4.69) is 24.1 Å². The number of unbranched alkanes of at least 4 members (excludes halogenated alkanes) is 1. The van der Waals surface area contributed by atoms with Crippen molar-refractivity contribution in [3.63, 3.8) is 0 Å². The largest absolute Gasteiger partial charge is 0.327 e. The molecule has 19 heavy (non-hydrogen) atoms. The Kier molecular flexibility index (Phi) is 2.61. The van der Waals surface area contributed by atoms with Gasteiger partial charge >= 0.3 is 0 Å². The number of ether oxygens (including phenoxy) is 1. The Morgan fingerprint density at radius 1 is 1.53 bits per heavy atom. The number of thioether (sulfide) groups is 1. The third kappa shape index (κ3) is 1.13. The summed E-state index contributed by atoms with van der Waals surface area (Å²) in [5, 5.41) is 18.6. The highest BCUT2D eigenvalue weighted by atomic mass is 32.2. The molecule has 3 rings (SSSR count). The second-order valence-electron chi connectivity index (χ2n) is 5.39. The first-order valence-electron chi connectivity index (χ1n) is 6.66. The molecule has 0 radical (unpaired) electrons. The number of hydrogen-bond acceptors (Lipinski definition) is 5. The van der Waals surface area contributed by atoms with E-state index in [1.807, 2.05) is 0 Å². The summed E-state index contributed by atoms with van der Waals surface area (Å²) >= 11 is 1.57. The third-order valence-electron chi connectivity index (χ3n) is 4.72. The molecule has 2 heterocycles. The van der Waals surface area contributed by atoms with Crippen molar-refractivity contribution in [3.8, 4) is 12.1 Å². The molecule has 0 aromatic heterocycles. The number of amidine groups is 1. The van der Waals surface area contributed by atoms with Crippen molar-refractivity contribution in [1.29, 1.82) is 10.5 Å². The maximum atomic E-state index is 9.77. The fourth-order valence-corrected chi connectivity index (χ4v) is 5.21. The molecule has 5 nitrogen and oxygen atoms in total. The molecule has 4 atom stereocenters. The Labute approximate surface area is 116 Å². The molecule has 1 saturated heterocycles. The molecule has 2 fully saturated rings. The Morgan fingerprint density at radius 3 is 2.84 bits per heavy atom. The number of nitrogens with one attached hydrogen (secondary N) is 1. The molecule has 3 N–H and O–H groups in total. The van der Waals surface area contributed by atoms with E-state index >= 15 is 0 Å². The Morgan fingerprint density at radius 2 is 2.32 bits per heavy atom. The Bertz CT molecular complexity index is 528. The number of hydrogen-bond donors (Lipinski definition) is 2. The highest BCUT2D eigenvalue weighted by Gasteiger charge is 2.95. The van der Waals surface area contributed by atoms with Crippen molar-refractivity contribution in [1.82, 2.24) is 0 Å². The van der Waals surface area contributed by atoms with Gasteiger partial charge in [0.05, 0.1) is 18.7 Å². The van der Waals surface area contributed by atoms with E-state index in [9.17, 15) is 10.5 Å². The van der Waals surface area contributed by atoms with Crippen LogP contribution in [-0.2, 0) is 4.74 Å². The zero-order valence-electron chi connectivity index (χ0n) is 10.9. The molecule has 0 amide bonds.